The number of furan rings is 1. The maximum Gasteiger partial charge on any atom is 0.204 e. The number of aromatic nitrogens is 1. The summed E-state index contributed by atoms with van der Waals surface area (Å²) in [5.74, 6) is 0.690. The van der Waals surface area contributed by atoms with Gasteiger partial charge in [-0.3, -0.25) is 5.43 Å². The zero-order chi connectivity index (χ0) is 16.9. The van der Waals surface area contributed by atoms with Crippen molar-refractivity contribution in [1.82, 2.24) is 4.98 Å². The van der Waals surface area contributed by atoms with Crippen LogP contribution in [0.3, 0.4) is 0 Å². The van der Waals surface area contributed by atoms with Crippen molar-refractivity contribution in [3.63, 3.8) is 0 Å². The van der Waals surface area contributed by atoms with Crippen molar-refractivity contribution in [1.29, 1.82) is 0 Å². The van der Waals surface area contributed by atoms with Gasteiger partial charge < -0.3 is 4.42 Å². The molecule has 2 aromatic heterocycles. The topological polar surface area (TPSA) is 50.4 Å². The summed E-state index contributed by atoms with van der Waals surface area (Å²) in [4.78, 5) is 5.85. The third-order valence-corrected chi connectivity index (χ3v) is 4.61. The van der Waals surface area contributed by atoms with Crippen LogP contribution in [-0.2, 0) is 0 Å². The number of nitrogens with zero attached hydrogens (tertiary/aromatic N) is 2. The van der Waals surface area contributed by atoms with E-state index < -0.39 is 0 Å². The second kappa shape index (κ2) is 7.15. The number of rotatable bonds is 5. The maximum atomic E-state index is 5.23. The number of nitrogens with one attached hydrogen (secondary N) is 1. The first-order chi connectivity index (χ1) is 12.4. The summed E-state index contributed by atoms with van der Waals surface area (Å²) < 4.78 is 5.23. The lowest BCUT2D eigenvalue weighted by molar-refractivity contribution is 0.560. The van der Waals surface area contributed by atoms with E-state index in [1.54, 1.807) is 23.8 Å². The minimum Gasteiger partial charge on any atom is -0.463 e. The normalized spacial score (nSPS) is 11.0. The fourth-order valence-electron chi connectivity index (χ4n) is 2.46. The van der Waals surface area contributed by atoms with E-state index in [1.165, 1.54) is 0 Å². The highest BCUT2D eigenvalue weighted by atomic mass is 32.1. The Kier molecular flexibility index (Phi) is 4.39. The first kappa shape index (κ1) is 15.4. The van der Waals surface area contributed by atoms with E-state index in [1.807, 2.05) is 48.5 Å². The fourth-order valence-corrected chi connectivity index (χ4v) is 3.40. The van der Waals surface area contributed by atoms with Crippen LogP contribution in [-0.4, -0.2) is 11.2 Å². The van der Waals surface area contributed by atoms with Gasteiger partial charge in [0.25, 0.3) is 0 Å². The first-order valence-corrected chi connectivity index (χ1v) is 8.66. The first-order valence-electron chi connectivity index (χ1n) is 7.84. The van der Waals surface area contributed by atoms with Gasteiger partial charge in [-0.05, 0) is 17.7 Å². The van der Waals surface area contributed by atoms with E-state index >= 15 is 0 Å². The van der Waals surface area contributed by atoms with Crippen molar-refractivity contribution >= 4 is 22.7 Å². The van der Waals surface area contributed by atoms with Crippen LogP contribution in [0.4, 0.5) is 5.13 Å². The lowest BCUT2D eigenvalue weighted by Crippen LogP contribution is -1.89. The predicted octanol–water partition coefficient (Wildman–Crippen LogP) is 5.52. The van der Waals surface area contributed by atoms with Crippen LogP contribution < -0.4 is 5.43 Å². The zero-order valence-electron chi connectivity index (χ0n) is 13.3. The SMILES string of the molecule is C(=NNc1nc(-c2ccccc2)c(-c2ccccc2)s1)c1ccco1. The molecule has 0 saturated carbocycles. The second-order valence-corrected chi connectivity index (χ2v) is 6.31. The predicted molar refractivity (Wildman–Crippen MR) is 103 cm³/mol. The van der Waals surface area contributed by atoms with E-state index in [4.69, 9.17) is 9.40 Å². The lowest BCUT2D eigenvalue weighted by Gasteiger charge is -2.02. The number of hydrogen-bond donors (Lipinski definition) is 1. The molecule has 0 aliphatic carbocycles. The molecule has 0 spiro atoms. The summed E-state index contributed by atoms with van der Waals surface area (Å²) in [6.45, 7) is 0. The summed E-state index contributed by atoms with van der Waals surface area (Å²) >= 11 is 1.58. The standard InChI is InChI=1S/C20H15N3OS/c1-3-8-15(9-4-1)18-19(16-10-5-2-6-11-16)25-20(22-18)23-21-14-17-12-7-13-24-17/h1-14H,(H,22,23). The van der Waals surface area contributed by atoms with Gasteiger partial charge >= 0.3 is 0 Å². The summed E-state index contributed by atoms with van der Waals surface area (Å²) in [6.07, 6.45) is 3.25. The third kappa shape index (κ3) is 3.51. The number of anilines is 1. The molecule has 122 valence electrons. The van der Waals surface area contributed by atoms with Crippen molar-refractivity contribution in [2.24, 2.45) is 5.10 Å². The molecule has 4 rings (SSSR count). The molecule has 25 heavy (non-hydrogen) atoms. The minimum atomic E-state index is 0.690. The van der Waals surface area contributed by atoms with Gasteiger partial charge in [-0.1, -0.05) is 72.0 Å². The van der Waals surface area contributed by atoms with Crippen LogP contribution in [0.5, 0.6) is 0 Å². The van der Waals surface area contributed by atoms with Crippen LogP contribution in [0.1, 0.15) is 5.76 Å². The Morgan fingerprint density at radius 1 is 0.880 bits per heavy atom. The zero-order valence-corrected chi connectivity index (χ0v) is 14.1. The molecule has 4 nitrogen and oxygen atoms in total. The number of benzene rings is 2. The molecule has 1 N–H and O–H groups in total. The molecule has 0 amide bonds. The molecule has 0 bridgehead atoms. The van der Waals surface area contributed by atoms with Gasteiger partial charge in [0.1, 0.15) is 5.76 Å². The van der Waals surface area contributed by atoms with E-state index in [-0.39, 0.29) is 0 Å². The summed E-state index contributed by atoms with van der Waals surface area (Å²) in [5, 5.41) is 4.94. The van der Waals surface area contributed by atoms with Crippen molar-refractivity contribution in [2.75, 3.05) is 5.43 Å². The molecule has 0 atom stereocenters. The molecular formula is C20H15N3OS. The van der Waals surface area contributed by atoms with Gasteiger partial charge in [-0.25, -0.2) is 4.98 Å². The van der Waals surface area contributed by atoms with Crippen LogP contribution in [0, 0.1) is 0 Å². The third-order valence-electron chi connectivity index (χ3n) is 3.61. The molecule has 0 aliphatic rings. The van der Waals surface area contributed by atoms with Crippen molar-refractivity contribution in [3.05, 3.63) is 84.8 Å². The number of thiazole rings is 1. The summed E-state index contributed by atoms with van der Waals surface area (Å²) in [6, 6.07) is 24.1. The Bertz CT molecular complexity index is 904. The van der Waals surface area contributed by atoms with E-state index in [9.17, 15) is 0 Å². The average molecular weight is 345 g/mol. The molecule has 0 radical (unpaired) electrons. The molecule has 5 heteroatoms. The smallest absolute Gasteiger partial charge is 0.204 e. The quantitative estimate of drug-likeness (QED) is 0.383. The Labute approximate surface area is 149 Å². The van der Waals surface area contributed by atoms with Gasteiger partial charge in [0, 0.05) is 5.56 Å². The van der Waals surface area contributed by atoms with Crippen molar-refractivity contribution < 1.29 is 4.42 Å². The second-order valence-electron chi connectivity index (χ2n) is 5.31. The van der Waals surface area contributed by atoms with Crippen LogP contribution >= 0.6 is 11.3 Å². The Hall–Kier alpha value is -3.18. The highest BCUT2D eigenvalue weighted by Crippen LogP contribution is 2.38. The van der Waals surface area contributed by atoms with Crippen LogP contribution in [0.2, 0.25) is 0 Å². The largest absolute Gasteiger partial charge is 0.463 e. The number of hydrogen-bond acceptors (Lipinski definition) is 5. The molecular weight excluding hydrogens is 330 g/mol. The van der Waals surface area contributed by atoms with Crippen LogP contribution in [0.15, 0.2) is 88.6 Å². The van der Waals surface area contributed by atoms with E-state index in [0.29, 0.717) is 5.76 Å². The maximum absolute atomic E-state index is 5.23. The molecule has 0 unspecified atom stereocenters. The molecule has 2 heterocycles. The van der Waals surface area contributed by atoms with Crippen molar-refractivity contribution in [2.45, 2.75) is 0 Å². The van der Waals surface area contributed by atoms with Gasteiger partial charge in [0.2, 0.25) is 5.13 Å². The average Bonchev–Trinajstić information content (AvgIpc) is 3.33. The van der Waals surface area contributed by atoms with Gasteiger partial charge in [-0.15, -0.1) is 0 Å². The Morgan fingerprint density at radius 3 is 2.28 bits per heavy atom. The molecule has 0 aliphatic heterocycles. The highest BCUT2D eigenvalue weighted by molar-refractivity contribution is 7.19. The fraction of sp³-hybridized carbons (Fsp3) is 0. The van der Waals surface area contributed by atoms with Gasteiger partial charge in [-0.2, -0.15) is 5.10 Å². The summed E-state index contributed by atoms with van der Waals surface area (Å²) in [7, 11) is 0. The van der Waals surface area contributed by atoms with Crippen molar-refractivity contribution in [3.8, 4) is 21.7 Å². The highest BCUT2D eigenvalue weighted by Gasteiger charge is 2.14. The molecule has 0 fully saturated rings. The molecule has 0 saturated heterocycles. The molecule has 2 aromatic carbocycles. The minimum absolute atomic E-state index is 0.690. The Balaban J connectivity index is 1.68. The van der Waals surface area contributed by atoms with Gasteiger partial charge in [0.05, 0.1) is 23.0 Å². The lowest BCUT2D eigenvalue weighted by atomic mass is 10.1. The monoisotopic (exact) mass is 345 g/mol. The van der Waals surface area contributed by atoms with Crippen LogP contribution in [0.25, 0.3) is 21.7 Å². The van der Waals surface area contributed by atoms with Gasteiger partial charge in [0.15, 0.2) is 0 Å². The number of hydrazone groups is 1. The summed E-state index contributed by atoms with van der Waals surface area (Å²) in [5.41, 5.74) is 6.18. The molecule has 4 aromatic rings. The van der Waals surface area contributed by atoms with E-state index in [2.05, 4.69) is 34.8 Å². The Morgan fingerprint density at radius 2 is 1.60 bits per heavy atom. The van der Waals surface area contributed by atoms with E-state index in [0.717, 1.165) is 26.8 Å².